The van der Waals surface area contributed by atoms with E-state index in [4.69, 9.17) is 30.6 Å². The first-order valence-corrected chi connectivity index (χ1v) is 9.54. The largest absolute Gasteiger partial charge is 0.550 e. The van der Waals surface area contributed by atoms with Crippen LogP contribution in [0.3, 0.4) is 0 Å². The molecule has 0 aliphatic rings. The monoisotopic (exact) mass is 430 g/mol. The number of aliphatic carboxylic acids is 2. The summed E-state index contributed by atoms with van der Waals surface area (Å²) in [5, 5.41) is 70.3. The second kappa shape index (κ2) is 26.6. The maximum atomic E-state index is 9.66. The molecule has 0 amide bonds. The molecule has 12 heteroatoms. The fourth-order valence-corrected chi connectivity index (χ4v) is 2.08. The average molecular weight is 430 g/mol. The van der Waals surface area contributed by atoms with Crippen molar-refractivity contribution in [3.05, 3.63) is 0 Å². The van der Waals surface area contributed by atoms with Gasteiger partial charge in [-0.05, 0) is 19.3 Å². The second-order valence-electron chi connectivity index (χ2n) is 5.94. The van der Waals surface area contributed by atoms with Gasteiger partial charge in [0.05, 0.1) is 39.6 Å². The van der Waals surface area contributed by atoms with Crippen LogP contribution in [-0.4, -0.2) is 121 Å². The SMILES string of the molecule is O=C([O-])CCCC(=O)[O-].OCC[NH+](CCO)CCO.OCC[NH+](CCO)CCO. The van der Waals surface area contributed by atoms with E-state index in [0.717, 1.165) is 9.80 Å². The summed E-state index contributed by atoms with van der Waals surface area (Å²) >= 11 is 0. The lowest BCUT2D eigenvalue weighted by molar-refractivity contribution is -0.901. The Balaban J connectivity index is -0.000000350. The maximum absolute atomic E-state index is 9.66. The molecule has 0 aliphatic carbocycles. The molecule has 0 saturated heterocycles. The Morgan fingerprint density at radius 2 is 0.724 bits per heavy atom. The third kappa shape index (κ3) is 31.5. The quantitative estimate of drug-likeness (QED) is 0.116. The van der Waals surface area contributed by atoms with Gasteiger partial charge >= 0.3 is 0 Å². The van der Waals surface area contributed by atoms with Gasteiger partial charge in [-0.1, -0.05) is 0 Å². The normalized spacial score (nSPS) is 10.2. The highest BCUT2D eigenvalue weighted by Gasteiger charge is 2.04. The molecule has 8 N–H and O–H groups in total. The predicted molar refractivity (Wildman–Crippen MR) is 97.5 cm³/mol. The highest BCUT2D eigenvalue weighted by atomic mass is 16.4. The fourth-order valence-electron chi connectivity index (χ4n) is 2.08. The molecule has 0 aromatic heterocycles. The lowest BCUT2D eigenvalue weighted by Crippen LogP contribution is -3.13. The van der Waals surface area contributed by atoms with Crippen molar-refractivity contribution in [2.45, 2.75) is 19.3 Å². The van der Waals surface area contributed by atoms with E-state index in [1.807, 2.05) is 0 Å². The van der Waals surface area contributed by atoms with Gasteiger partial charge < -0.3 is 60.2 Å². The Kier molecular flexibility index (Phi) is 29.6. The summed E-state index contributed by atoms with van der Waals surface area (Å²) in [4.78, 5) is 21.4. The van der Waals surface area contributed by atoms with Gasteiger partial charge in [-0.2, -0.15) is 0 Å². The summed E-state index contributed by atoms with van der Waals surface area (Å²) in [6.07, 6.45) is -0.341. The highest BCUT2D eigenvalue weighted by Crippen LogP contribution is 1.90. The Morgan fingerprint density at radius 1 is 0.517 bits per heavy atom. The van der Waals surface area contributed by atoms with Gasteiger partial charge in [0.25, 0.3) is 0 Å². The molecule has 29 heavy (non-hydrogen) atoms. The number of aliphatic hydroxyl groups excluding tert-OH is 6. The van der Waals surface area contributed by atoms with Crippen molar-refractivity contribution in [1.29, 1.82) is 0 Å². The molecule has 0 aliphatic heterocycles. The number of hydrogen-bond acceptors (Lipinski definition) is 10. The van der Waals surface area contributed by atoms with Crippen LogP contribution in [0.4, 0.5) is 0 Å². The van der Waals surface area contributed by atoms with Crippen LogP contribution in [0, 0.1) is 0 Å². The molecule has 0 atom stereocenters. The van der Waals surface area contributed by atoms with Gasteiger partial charge in [-0.3, -0.25) is 0 Å². The molecule has 0 heterocycles. The molecule has 12 nitrogen and oxygen atoms in total. The van der Waals surface area contributed by atoms with E-state index in [-0.39, 0.29) is 58.9 Å². The number of carboxylic acids is 2. The van der Waals surface area contributed by atoms with Gasteiger partial charge in [0, 0.05) is 11.9 Å². The number of aliphatic hydroxyl groups is 6. The zero-order chi connectivity index (χ0) is 22.9. The molecular weight excluding hydrogens is 392 g/mol. The molecule has 176 valence electrons. The number of quaternary nitrogens is 2. The van der Waals surface area contributed by atoms with Crippen LogP contribution in [-0.2, 0) is 9.59 Å². The Morgan fingerprint density at radius 3 is 0.862 bits per heavy atom. The third-order valence-electron chi connectivity index (χ3n) is 3.55. The number of carbonyl (C=O) groups excluding carboxylic acids is 2. The van der Waals surface area contributed by atoms with E-state index in [1.54, 1.807) is 0 Å². The van der Waals surface area contributed by atoms with Crippen molar-refractivity contribution < 1.29 is 60.2 Å². The molecule has 0 saturated carbocycles. The van der Waals surface area contributed by atoms with Gasteiger partial charge in [-0.25, -0.2) is 0 Å². The van der Waals surface area contributed by atoms with Crippen molar-refractivity contribution in [3.63, 3.8) is 0 Å². The lowest BCUT2D eigenvalue weighted by Gasteiger charge is -2.15. The minimum Gasteiger partial charge on any atom is -0.550 e. The Hall–Kier alpha value is -1.38. The van der Waals surface area contributed by atoms with Gasteiger partial charge in [0.1, 0.15) is 39.3 Å². The second-order valence-corrected chi connectivity index (χ2v) is 5.94. The zero-order valence-electron chi connectivity index (χ0n) is 16.9. The average Bonchev–Trinajstić information content (AvgIpc) is 2.63. The van der Waals surface area contributed by atoms with Gasteiger partial charge in [0.2, 0.25) is 0 Å². The number of carbonyl (C=O) groups is 2. The van der Waals surface area contributed by atoms with Crippen LogP contribution in [0.2, 0.25) is 0 Å². The molecule has 0 rings (SSSR count). The van der Waals surface area contributed by atoms with Crippen molar-refractivity contribution >= 4 is 11.9 Å². The van der Waals surface area contributed by atoms with Crippen molar-refractivity contribution in [2.24, 2.45) is 0 Å². The number of carboxylic acid groups (broad SMARTS) is 2. The van der Waals surface area contributed by atoms with Crippen LogP contribution >= 0.6 is 0 Å². The number of nitrogens with one attached hydrogen (secondary N) is 2. The van der Waals surface area contributed by atoms with Crippen LogP contribution in [0.1, 0.15) is 19.3 Å². The van der Waals surface area contributed by atoms with E-state index < -0.39 is 11.9 Å². The molecule has 0 spiro atoms. The Labute approximate surface area is 171 Å². The van der Waals surface area contributed by atoms with E-state index >= 15 is 0 Å². The molecule has 0 unspecified atom stereocenters. The minimum atomic E-state index is -1.23. The zero-order valence-corrected chi connectivity index (χ0v) is 16.9. The van der Waals surface area contributed by atoms with Gasteiger partial charge in [-0.15, -0.1) is 0 Å². The van der Waals surface area contributed by atoms with Crippen molar-refractivity contribution in [2.75, 3.05) is 78.9 Å². The summed E-state index contributed by atoms with van der Waals surface area (Å²) in [5.41, 5.74) is 0. The van der Waals surface area contributed by atoms with Crippen LogP contribution < -0.4 is 20.0 Å². The first kappa shape index (κ1) is 32.3. The van der Waals surface area contributed by atoms with Crippen molar-refractivity contribution in [3.8, 4) is 0 Å². The molecule has 0 bridgehead atoms. The summed E-state index contributed by atoms with van der Waals surface area (Å²) in [5.74, 6) is -2.45. The van der Waals surface area contributed by atoms with E-state index in [1.165, 1.54) is 0 Å². The van der Waals surface area contributed by atoms with Crippen molar-refractivity contribution in [1.82, 2.24) is 0 Å². The van der Waals surface area contributed by atoms with E-state index in [9.17, 15) is 19.8 Å². The fraction of sp³-hybridized carbons (Fsp3) is 0.882. The van der Waals surface area contributed by atoms with E-state index in [2.05, 4.69) is 0 Å². The van der Waals surface area contributed by atoms with Crippen LogP contribution in [0.15, 0.2) is 0 Å². The molecule has 0 aromatic rings. The molecule has 0 fully saturated rings. The summed E-state index contributed by atoms with van der Waals surface area (Å²) in [7, 11) is 0. The summed E-state index contributed by atoms with van der Waals surface area (Å²) < 4.78 is 0. The first-order chi connectivity index (χ1) is 13.8. The minimum absolute atomic E-state index is 0.0880. The van der Waals surface area contributed by atoms with Crippen LogP contribution in [0.25, 0.3) is 0 Å². The number of rotatable bonds is 16. The smallest absolute Gasteiger partial charge is 0.101 e. The lowest BCUT2D eigenvalue weighted by atomic mass is 10.2. The predicted octanol–water partition coefficient (Wildman–Crippen LogP) is -8.65. The third-order valence-corrected chi connectivity index (χ3v) is 3.55. The highest BCUT2D eigenvalue weighted by molar-refractivity contribution is 5.67. The molecule has 0 aromatic carbocycles. The van der Waals surface area contributed by atoms with Crippen LogP contribution in [0.5, 0.6) is 0 Å². The maximum Gasteiger partial charge on any atom is 0.101 e. The summed E-state index contributed by atoms with van der Waals surface area (Å²) in [6, 6.07) is 0. The molecular formula is C17H38N2O10. The standard InChI is InChI=1S/2C6H15NO3.C5H8O4/c2*8-4-1-7(2-5-9)3-6-10;6-4(7)2-1-3-5(8)9/h2*8-10H,1-6H2;1-3H2,(H,6,7)(H,8,9). The first-order valence-electron chi connectivity index (χ1n) is 9.54. The van der Waals surface area contributed by atoms with E-state index in [0.29, 0.717) is 39.3 Å². The Bertz CT molecular complexity index is 301. The van der Waals surface area contributed by atoms with Gasteiger partial charge in [0.15, 0.2) is 0 Å². The number of hydrogen-bond donors (Lipinski definition) is 8. The topological polar surface area (TPSA) is 211 Å². The molecule has 0 radical (unpaired) electrons. The summed E-state index contributed by atoms with van der Waals surface area (Å²) in [6.45, 7) is 4.23.